The van der Waals surface area contributed by atoms with E-state index < -0.39 is 5.97 Å². The van der Waals surface area contributed by atoms with Crippen molar-refractivity contribution in [1.82, 2.24) is 4.98 Å². The number of methoxy groups -OCH3 is 1. The number of aromatic nitrogens is 1. The Morgan fingerprint density at radius 2 is 1.88 bits per heavy atom. The SMILES string of the molecule is CCOC(=O)c1nc(Nc2ccc(OC)cc2)sc1Sc1ccccc1. The third-order valence-electron chi connectivity index (χ3n) is 3.36. The van der Waals surface area contributed by atoms with Gasteiger partial charge in [-0.05, 0) is 43.3 Å². The summed E-state index contributed by atoms with van der Waals surface area (Å²) in [5, 5.41) is 3.87. The molecule has 3 rings (SSSR count). The van der Waals surface area contributed by atoms with Crippen molar-refractivity contribution in [2.24, 2.45) is 0 Å². The number of rotatable bonds is 7. The van der Waals surface area contributed by atoms with Gasteiger partial charge in [-0.3, -0.25) is 0 Å². The lowest BCUT2D eigenvalue weighted by molar-refractivity contribution is 0.0516. The van der Waals surface area contributed by atoms with Crippen molar-refractivity contribution >= 4 is 39.9 Å². The van der Waals surface area contributed by atoms with E-state index in [4.69, 9.17) is 9.47 Å². The van der Waals surface area contributed by atoms with Gasteiger partial charge in [0.15, 0.2) is 10.8 Å². The van der Waals surface area contributed by atoms with Crippen molar-refractivity contribution in [3.8, 4) is 5.75 Å². The molecule has 0 aliphatic carbocycles. The first-order valence-electron chi connectivity index (χ1n) is 8.01. The number of hydrogen-bond acceptors (Lipinski definition) is 7. The molecule has 0 fully saturated rings. The highest BCUT2D eigenvalue weighted by atomic mass is 32.2. The molecule has 0 aliphatic rings. The molecule has 0 bridgehead atoms. The van der Waals surface area contributed by atoms with Gasteiger partial charge >= 0.3 is 5.97 Å². The van der Waals surface area contributed by atoms with E-state index in [0.29, 0.717) is 17.4 Å². The first-order chi connectivity index (χ1) is 12.7. The molecule has 134 valence electrons. The van der Waals surface area contributed by atoms with Crippen LogP contribution in [0.4, 0.5) is 10.8 Å². The van der Waals surface area contributed by atoms with E-state index in [1.165, 1.54) is 23.1 Å². The van der Waals surface area contributed by atoms with Gasteiger partial charge in [0.2, 0.25) is 0 Å². The first kappa shape index (κ1) is 18.3. The van der Waals surface area contributed by atoms with Crippen LogP contribution >= 0.6 is 23.1 Å². The molecule has 0 amide bonds. The molecule has 0 saturated heterocycles. The lowest BCUT2D eigenvalue weighted by Crippen LogP contribution is -2.06. The maximum absolute atomic E-state index is 12.3. The lowest BCUT2D eigenvalue weighted by Gasteiger charge is -2.03. The van der Waals surface area contributed by atoms with Gasteiger partial charge in [0, 0.05) is 10.6 Å². The molecule has 1 heterocycles. The molecule has 2 aromatic carbocycles. The Bertz CT molecular complexity index is 864. The van der Waals surface area contributed by atoms with E-state index in [1.807, 2.05) is 54.6 Å². The molecule has 0 radical (unpaired) electrons. The van der Waals surface area contributed by atoms with Crippen LogP contribution in [0.25, 0.3) is 0 Å². The molecule has 0 aliphatic heterocycles. The molecular weight excluding hydrogens is 368 g/mol. The van der Waals surface area contributed by atoms with Gasteiger partial charge < -0.3 is 14.8 Å². The largest absolute Gasteiger partial charge is 0.497 e. The topological polar surface area (TPSA) is 60.5 Å². The predicted octanol–water partition coefficient (Wildman–Crippen LogP) is 5.22. The lowest BCUT2D eigenvalue weighted by atomic mass is 10.3. The fraction of sp³-hybridized carbons (Fsp3) is 0.158. The van der Waals surface area contributed by atoms with Gasteiger partial charge in [0.1, 0.15) is 9.96 Å². The highest BCUT2D eigenvalue weighted by molar-refractivity contribution is 8.01. The second kappa shape index (κ2) is 8.73. The quantitative estimate of drug-likeness (QED) is 0.562. The second-order valence-electron chi connectivity index (χ2n) is 5.14. The van der Waals surface area contributed by atoms with Gasteiger partial charge in [-0.1, -0.05) is 41.3 Å². The molecule has 0 spiro atoms. The zero-order chi connectivity index (χ0) is 18.4. The fourth-order valence-electron chi connectivity index (χ4n) is 2.15. The number of hydrogen-bond donors (Lipinski definition) is 1. The minimum Gasteiger partial charge on any atom is -0.497 e. The van der Waals surface area contributed by atoms with Crippen LogP contribution in [-0.2, 0) is 4.74 Å². The Morgan fingerprint density at radius 1 is 1.15 bits per heavy atom. The van der Waals surface area contributed by atoms with Crippen LogP contribution < -0.4 is 10.1 Å². The summed E-state index contributed by atoms with van der Waals surface area (Å²) in [4.78, 5) is 17.8. The predicted molar refractivity (Wildman–Crippen MR) is 105 cm³/mol. The zero-order valence-electron chi connectivity index (χ0n) is 14.4. The standard InChI is InChI=1S/C19H18N2O3S2/c1-3-24-17(22)16-18(25-15-7-5-4-6-8-15)26-19(21-16)20-13-9-11-14(23-2)12-10-13/h4-12H,3H2,1-2H3,(H,20,21). The number of thiazole rings is 1. The molecule has 1 aromatic heterocycles. The van der Waals surface area contributed by atoms with Crippen molar-refractivity contribution < 1.29 is 14.3 Å². The summed E-state index contributed by atoms with van der Waals surface area (Å²) in [6.45, 7) is 2.10. The summed E-state index contributed by atoms with van der Waals surface area (Å²) >= 11 is 2.92. The van der Waals surface area contributed by atoms with Crippen molar-refractivity contribution in [1.29, 1.82) is 0 Å². The van der Waals surface area contributed by atoms with Crippen LogP contribution in [0.5, 0.6) is 5.75 Å². The Kier molecular flexibility index (Phi) is 6.14. The number of carbonyl (C=O) groups is 1. The smallest absolute Gasteiger partial charge is 0.359 e. The summed E-state index contributed by atoms with van der Waals surface area (Å²) in [6, 6.07) is 17.4. The average Bonchev–Trinajstić information content (AvgIpc) is 3.05. The van der Waals surface area contributed by atoms with Crippen molar-refractivity contribution in [2.75, 3.05) is 19.0 Å². The summed E-state index contributed by atoms with van der Waals surface area (Å²) in [5.74, 6) is 0.368. The monoisotopic (exact) mass is 386 g/mol. The van der Waals surface area contributed by atoms with E-state index in [2.05, 4.69) is 10.3 Å². The molecule has 3 aromatic rings. The van der Waals surface area contributed by atoms with Crippen molar-refractivity contribution in [3.63, 3.8) is 0 Å². The Hall–Kier alpha value is -2.51. The molecule has 7 heteroatoms. The number of nitrogens with one attached hydrogen (secondary N) is 1. The van der Waals surface area contributed by atoms with Crippen molar-refractivity contribution in [3.05, 3.63) is 60.3 Å². The van der Waals surface area contributed by atoms with Crippen LogP contribution in [0.3, 0.4) is 0 Å². The molecule has 0 saturated carbocycles. The summed E-state index contributed by atoms with van der Waals surface area (Å²) in [7, 11) is 1.63. The van der Waals surface area contributed by atoms with Crippen LogP contribution in [0, 0.1) is 0 Å². The number of nitrogens with zero attached hydrogens (tertiary/aromatic N) is 1. The Labute approximate surface area is 160 Å². The highest BCUT2D eigenvalue weighted by Gasteiger charge is 2.20. The summed E-state index contributed by atoms with van der Waals surface area (Å²) < 4.78 is 11.1. The van der Waals surface area contributed by atoms with Gasteiger partial charge in [0.05, 0.1) is 13.7 Å². The molecule has 5 nitrogen and oxygen atoms in total. The molecule has 0 atom stereocenters. The molecule has 0 unspecified atom stereocenters. The fourth-order valence-corrected chi connectivity index (χ4v) is 4.28. The average molecular weight is 386 g/mol. The van der Waals surface area contributed by atoms with E-state index in [1.54, 1.807) is 14.0 Å². The number of ether oxygens (including phenoxy) is 2. The van der Waals surface area contributed by atoms with E-state index >= 15 is 0 Å². The number of anilines is 2. The maximum Gasteiger partial charge on any atom is 0.359 e. The zero-order valence-corrected chi connectivity index (χ0v) is 16.0. The van der Waals surface area contributed by atoms with Gasteiger partial charge in [0.25, 0.3) is 0 Å². The van der Waals surface area contributed by atoms with Crippen LogP contribution in [0.15, 0.2) is 63.7 Å². The van der Waals surface area contributed by atoms with Crippen molar-refractivity contribution in [2.45, 2.75) is 16.0 Å². The first-order valence-corrected chi connectivity index (χ1v) is 9.65. The van der Waals surface area contributed by atoms with E-state index in [9.17, 15) is 4.79 Å². The van der Waals surface area contributed by atoms with E-state index in [-0.39, 0.29) is 0 Å². The van der Waals surface area contributed by atoms with Crippen LogP contribution in [0.1, 0.15) is 17.4 Å². The molecular formula is C19H18N2O3S2. The summed E-state index contributed by atoms with van der Waals surface area (Å²) in [6.07, 6.45) is 0. The minimum absolute atomic E-state index is 0.313. The third-order valence-corrected chi connectivity index (χ3v) is 5.51. The Balaban J connectivity index is 1.85. The van der Waals surface area contributed by atoms with E-state index in [0.717, 1.165) is 20.5 Å². The minimum atomic E-state index is -0.412. The number of esters is 1. The Morgan fingerprint density at radius 3 is 2.54 bits per heavy atom. The maximum atomic E-state index is 12.3. The van der Waals surface area contributed by atoms with Gasteiger partial charge in [-0.25, -0.2) is 9.78 Å². The number of carbonyl (C=O) groups excluding carboxylic acids is 1. The summed E-state index contributed by atoms with van der Waals surface area (Å²) in [5.41, 5.74) is 1.20. The second-order valence-corrected chi connectivity index (χ2v) is 7.49. The van der Waals surface area contributed by atoms with Gasteiger partial charge in [-0.15, -0.1) is 0 Å². The third kappa shape index (κ3) is 4.56. The normalized spacial score (nSPS) is 10.4. The van der Waals surface area contributed by atoms with Crippen LogP contribution in [-0.4, -0.2) is 24.7 Å². The molecule has 1 N–H and O–H groups in total. The highest BCUT2D eigenvalue weighted by Crippen LogP contribution is 2.38. The molecule has 26 heavy (non-hydrogen) atoms. The van der Waals surface area contributed by atoms with Crippen LogP contribution in [0.2, 0.25) is 0 Å². The number of benzene rings is 2. The van der Waals surface area contributed by atoms with Gasteiger partial charge in [-0.2, -0.15) is 0 Å².